The van der Waals surface area contributed by atoms with Gasteiger partial charge in [0.25, 0.3) is 0 Å². The molecule has 2 aromatic rings. The second kappa shape index (κ2) is 5.43. The Hall–Kier alpha value is -1.20. The van der Waals surface area contributed by atoms with E-state index < -0.39 is 0 Å². The SMILES string of the molecule is Cc1nc(CN2CCCC[C@H]2c2[nH]ncc2C)cs1. The first-order valence-electron chi connectivity index (χ1n) is 6.89. The third kappa shape index (κ3) is 2.72. The van der Waals surface area contributed by atoms with E-state index in [4.69, 9.17) is 0 Å². The number of hydrogen-bond acceptors (Lipinski definition) is 4. The van der Waals surface area contributed by atoms with Gasteiger partial charge in [0.1, 0.15) is 0 Å². The molecule has 0 bridgehead atoms. The third-order valence-corrected chi connectivity index (χ3v) is 4.67. The average Bonchev–Trinajstić information content (AvgIpc) is 2.99. The molecule has 0 radical (unpaired) electrons. The molecular formula is C14H20N4S. The summed E-state index contributed by atoms with van der Waals surface area (Å²) in [5, 5.41) is 10.7. The zero-order chi connectivity index (χ0) is 13.2. The van der Waals surface area contributed by atoms with Gasteiger partial charge >= 0.3 is 0 Å². The molecule has 3 heterocycles. The molecule has 1 atom stereocenters. The van der Waals surface area contributed by atoms with E-state index in [9.17, 15) is 0 Å². The summed E-state index contributed by atoms with van der Waals surface area (Å²) in [6.45, 7) is 6.31. The lowest BCUT2D eigenvalue weighted by molar-refractivity contribution is 0.135. The second-order valence-electron chi connectivity index (χ2n) is 5.31. The third-order valence-electron chi connectivity index (χ3n) is 3.85. The molecule has 0 saturated carbocycles. The molecule has 1 aliphatic rings. The van der Waals surface area contributed by atoms with E-state index in [1.165, 1.54) is 36.2 Å². The van der Waals surface area contributed by atoms with Gasteiger partial charge in [-0.05, 0) is 38.8 Å². The number of nitrogens with zero attached hydrogens (tertiary/aromatic N) is 3. The smallest absolute Gasteiger partial charge is 0.0897 e. The van der Waals surface area contributed by atoms with Crippen LogP contribution in [0, 0.1) is 13.8 Å². The predicted octanol–water partition coefficient (Wildman–Crippen LogP) is 3.21. The fourth-order valence-corrected chi connectivity index (χ4v) is 3.49. The molecule has 0 aliphatic carbocycles. The van der Waals surface area contributed by atoms with Crippen molar-refractivity contribution in [3.63, 3.8) is 0 Å². The van der Waals surface area contributed by atoms with Gasteiger partial charge in [-0.3, -0.25) is 10.00 Å². The van der Waals surface area contributed by atoms with E-state index in [1.54, 1.807) is 11.3 Å². The van der Waals surface area contributed by atoms with Gasteiger partial charge in [0, 0.05) is 11.9 Å². The Labute approximate surface area is 117 Å². The molecule has 3 rings (SSSR count). The number of nitrogens with one attached hydrogen (secondary N) is 1. The van der Waals surface area contributed by atoms with Crippen molar-refractivity contribution in [2.75, 3.05) is 6.54 Å². The molecule has 1 N–H and O–H groups in total. The lowest BCUT2D eigenvalue weighted by atomic mass is 9.97. The number of rotatable bonds is 3. The van der Waals surface area contributed by atoms with Crippen LogP contribution in [0.2, 0.25) is 0 Å². The summed E-state index contributed by atoms with van der Waals surface area (Å²) >= 11 is 1.74. The highest BCUT2D eigenvalue weighted by atomic mass is 32.1. The van der Waals surface area contributed by atoms with E-state index in [1.807, 2.05) is 6.20 Å². The van der Waals surface area contributed by atoms with Gasteiger partial charge in [0.15, 0.2) is 0 Å². The molecule has 102 valence electrons. The summed E-state index contributed by atoms with van der Waals surface area (Å²) in [7, 11) is 0. The zero-order valence-electron chi connectivity index (χ0n) is 11.5. The van der Waals surface area contributed by atoms with Crippen molar-refractivity contribution in [3.8, 4) is 0 Å². The van der Waals surface area contributed by atoms with Gasteiger partial charge < -0.3 is 0 Å². The second-order valence-corrected chi connectivity index (χ2v) is 6.37. The topological polar surface area (TPSA) is 44.8 Å². The van der Waals surface area contributed by atoms with Crippen LogP contribution in [0.5, 0.6) is 0 Å². The first kappa shape index (κ1) is 12.8. The Morgan fingerprint density at radius 2 is 2.32 bits per heavy atom. The Kier molecular flexibility index (Phi) is 3.66. The van der Waals surface area contributed by atoms with Gasteiger partial charge in [-0.2, -0.15) is 5.10 Å². The number of piperidine rings is 1. The van der Waals surface area contributed by atoms with E-state index >= 15 is 0 Å². The van der Waals surface area contributed by atoms with Crippen LogP contribution in [-0.2, 0) is 6.54 Å². The molecule has 0 amide bonds. The molecule has 1 fully saturated rings. The van der Waals surface area contributed by atoms with Crippen molar-refractivity contribution in [2.45, 2.75) is 45.7 Å². The van der Waals surface area contributed by atoms with Gasteiger partial charge in [0.2, 0.25) is 0 Å². The molecule has 4 nitrogen and oxygen atoms in total. The van der Waals surface area contributed by atoms with Crippen molar-refractivity contribution < 1.29 is 0 Å². The molecule has 5 heteroatoms. The fraction of sp³-hybridized carbons (Fsp3) is 0.571. The van der Waals surface area contributed by atoms with Crippen molar-refractivity contribution >= 4 is 11.3 Å². The molecule has 1 aliphatic heterocycles. The summed E-state index contributed by atoms with van der Waals surface area (Å²) in [4.78, 5) is 7.13. The monoisotopic (exact) mass is 276 g/mol. The van der Waals surface area contributed by atoms with Crippen LogP contribution in [0.15, 0.2) is 11.6 Å². The Balaban J connectivity index is 1.79. The van der Waals surface area contributed by atoms with E-state index in [0.717, 1.165) is 18.1 Å². The molecular weight excluding hydrogens is 256 g/mol. The number of aryl methyl sites for hydroxylation is 2. The minimum atomic E-state index is 0.471. The first-order chi connectivity index (χ1) is 9.24. The number of H-pyrrole nitrogens is 1. The van der Waals surface area contributed by atoms with Crippen LogP contribution < -0.4 is 0 Å². The van der Waals surface area contributed by atoms with Crippen LogP contribution in [0.3, 0.4) is 0 Å². The Bertz CT molecular complexity index is 545. The summed E-state index contributed by atoms with van der Waals surface area (Å²) in [5.41, 5.74) is 3.75. The van der Waals surface area contributed by atoms with Crippen LogP contribution in [0.1, 0.15) is 47.3 Å². The van der Waals surface area contributed by atoms with Crippen molar-refractivity contribution in [1.29, 1.82) is 0 Å². The summed E-state index contributed by atoms with van der Waals surface area (Å²) < 4.78 is 0. The largest absolute Gasteiger partial charge is 0.289 e. The maximum Gasteiger partial charge on any atom is 0.0897 e. The highest BCUT2D eigenvalue weighted by Gasteiger charge is 2.26. The van der Waals surface area contributed by atoms with Crippen LogP contribution in [0.4, 0.5) is 0 Å². The van der Waals surface area contributed by atoms with Gasteiger partial charge in [-0.25, -0.2) is 4.98 Å². The molecule has 0 spiro atoms. The van der Waals surface area contributed by atoms with Crippen LogP contribution in [0.25, 0.3) is 0 Å². The predicted molar refractivity (Wildman–Crippen MR) is 77.2 cm³/mol. The lowest BCUT2D eigenvalue weighted by Gasteiger charge is -2.35. The lowest BCUT2D eigenvalue weighted by Crippen LogP contribution is -2.33. The fourth-order valence-electron chi connectivity index (χ4n) is 2.89. The summed E-state index contributed by atoms with van der Waals surface area (Å²) in [6.07, 6.45) is 5.73. The number of aromatic nitrogens is 3. The summed E-state index contributed by atoms with van der Waals surface area (Å²) in [6, 6.07) is 0.471. The molecule has 2 aromatic heterocycles. The maximum absolute atomic E-state index is 4.59. The Morgan fingerprint density at radius 1 is 1.42 bits per heavy atom. The first-order valence-corrected chi connectivity index (χ1v) is 7.77. The van der Waals surface area contributed by atoms with Gasteiger partial charge in [-0.15, -0.1) is 11.3 Å². The van der Waals surface area contributed by atoms with Crippen molar-refractivity contribution in [2.24, 2.45) is 0 Å². The van der Waals surface area contributed by atoms with Crippen LogP contribution >= 0.6 is 11.3 Å². The molecule has 0 unspecified atom stereocenters. The zero-order valence-corrected chi connectivity index (χ0v) is 12.3. The number of likely N-dealkylation sites (tertiary alicyclic amines) is 1. The standard InChI is InChI=1S/C14H20N4S/c1-10-7-15-17-14(10)13-5-3-4-6-18(13)8-12-9-19-11(2)16-12/h7,9,13H,3-6,8H2,1-2H3,(H,15,17)/t13-/m0/s1. The quantitative estimate of drug-likeness (QED) is 0.936. The molecule has 1 saturated heterocycles. The van der Waals surface area contributed by atoms with Crippen LogP contribution in [-0.4, -0.2) is 26.6 Å². The average molecular weight is 276 g/mol. The number of hydrogen-bond donors (Lipinski definition) is 1. The Morgan fingerprint density at radius 3 is 3.00 bits per heavy atom. The summed E-state index contributed by atoms with van der Waals surface area (Å²) in [5.74, 6) is 0. The van der Waals surface area contributed by atoms with E-state index in [2.05, 4.69) is 39.3 Å². The molecule has 19 heavy (non-hydrogen) atoms. The minimum Gasteiger partial charge on any atom is -0.289 e. The maximum atomic E-state index is 4.59. The highest BCUT2D eigenvalue weighted by Crippen LogP contribution is 2.32. The normalized spacial score (nSPS) is 20.8. The van der Waals surface area contributed by atoms with Gasteiger partial charge in [0.05, 0.1) is 28.6 Å². The van der Waals surface area contributed by atoms with E-state index in [-0.39, 0.29) is 0 Å². The number of aromatic amines is 1. The molecule has 0 aromatic carbocycles. The van der Waals surface area contributed by atoms with E-state index in [0.29, 0.717) is 6.04 Å². The van der Waals surface area contributed by atoms with Crippen molar-refractivity contribution in [1.82, 2.24) is 20.1 Å². The minimum absolute atomic E-state index is 0.471. The van der Waals surface area contributed by atoms with Gasteiger partial charge in [-0.1, -0.05) is 6.42 Å². The number of thiazole rings is 1. The van der Waals surface area contributed by atoms with Crippen molar-refractivity contribution in [3.05, 3.63) is 33.5 Å². The highest BCUT2D eigenvalue weighted by molar-refractivity contribution is 7.09.